The largest absolute Gasteiger partial charge is 0.350 e. The first-order valence-electron chi connectivity index (χ1n) is 9.15. The molecular formula is C21H17Cl2FN4O2S. The van der Waals surface area contributed by atoms with Gasteiger partial charge in [-0.05, 0) is 35.9 Å². The van der Waals surface area contributed by atoms with Crippen molar-refractivity contribution in [3.63, 3.8) is 0 Å². The molecule has 1 aromatic heterocycles. The second kappa shape index (κ2) is 11.1. The van der Waals surface area contributed by atoms with Gasteiger partial charge < -0.3 is 10.6 Å². The summed E-state index contributed by atoms with van der Waals surface area (Å²) in [6.45, 7) is 0.0777. The molecule has 31 heavy (non-hydrogen) atoms. The maximum absolute atomic E-state index is 12.9. The van der Waals surface area contributed by atoms with Crippen LogP contribution >= 0.6 is 35.0 Å². The zero-order chi connectivity index (χ0) is 22.2. The lowest BCUT2D eigenvalue weighted by atomic mass is 10.2. The van der Waals surface area contributed by atoms with E-state index in [1.165, 1.54) is 42.2 Å². The first kappa shape index (κ1) is 23.0. The molecule has 6 nitrogen and oxygen atoms in total. The lowest BCUT2D eigenvalue weighted by Crippen LogP contribution is -2.28. The monoisotopic (exact) mass is 478 g/mol. The fraction of sp³-hybridized carbons (Fsp3) is 0.143. The number of hydrogen-bond acceptors (Lipinski definition) is 5. The Morgan fingerprint density at radius 1 is 1.03 bits per heavy atom. The molecule has 0 radical (unpaired) electrons. The van der Waals surface area contributed by atoms with Crippen molar-refractivity contribution in [1.29, 1.82) is 0 Å². The summed E-state index contributed by atoms with van der Waals surface area (Å²) in [7, 11) is 0. The van der Waals surface area contributed by atoms with Gasteiger partial charge in [0, 0.05) is 29.4 Å². The molecule has 160 valence electrons. The predicted molar refractivity (Wildman–Crippen MR) is 120 cm³/mol. The Hall–Kier alpha value is -2.68. The van der Waals surface area contributed by atoms with Crippen molar-refractivity contribution < 1.29 is 14.0 Å². The van der Waals surface area contributed by atoms with Crippen LogP contribution in [0.25, 0.3) is 0 Å². The van der Waals surface area contributed by atoms with Gasteiger partial charge in [0.15, 0.2) is 10.9 Å². The molecule has 1 heterocycles. The minimum absolute atomic E-state index is 0.0252. The van der Waals surface area contributed by atoms with E-state index in [2.05, 4.69) is 20.6 Å². The molecule has 0 aliphatic rings. The Bertz CT molecular complexity index is 1080. The number of halogens is 3. The zero-order valence-corrected chi connectivity index (χ0v) is 18.4. The van der Waals surface area contributed by atoms with Crippen molar-refractivity contribution in [3.8, 4) is 0 Å². The van der Waals surface area contributed by atoms with Crippen molar-refractivity contribution in [1.82, 2.24) is 15.3 Å². The van der Waals surface area contributed by atoms with Crippen LogP contribution in [0.3, 0.4) is 0 Å². The molecule has 0 saturated heterocycles. The van der Waals surface area contributed by atoms with E-state index in [9.17, 15) is 14.0 Å². The van der Waals surface area contributed by atoms with Gasteiger partial charge in [-0.15, -0.1) is 0 Å². The summed E-state index contributed by atoms with van der Waals surface area (Å²) in [5.41, 5.74) is 1.42. The summed E-state index contributed by atoms with van der Waals surface area (Å²) in [6, 6.07) is 12.8. The van der Waals surface area contributed by atoms with Gasteiger partial charge in [-0.2, -0.15) is 0 Å². The molecule has 3 rings (SSSR count). The zero-order valence-electron chi connectivity index (χ0n) is 16.1. The summed E-state index contributed by atoms with van der Waals surface area (Å²) >= 11 is 13.5. The fourth-order valence-corrected chi connectivity index (χ4v) is 3.75. The Balaban J connectivity index is 1.52. The number of thioether (sulfide) groups is 1. The van der Waals surface area contributed by atoms with Gasteiger partial charge in [0.25, 0.3) is 5.91 Å². The van der Waals surface area contributed by atoms with Gasteiger partial charge in [-0.25, -0.2) is 14.4 Å². The molecule has 2 N–H and O–H groups in total. The normalized spacial score (nSPS) is 10.5. The van der Waals surface area contributed by atoms with Crippen LogP contribution in [0.2, 0.25) is 10.0 Å². The van der Waals surface area contributed by atoms with Crippen molar-refractivity contribution >= 4 is 52.5 Å². The number of hydrogen-bond donors (Lipinski definition) is 2. The summed E-state index contributed by atoms with van der Waals surface area (Å²) in [6.07, 6.45) is 1.39. The number of nitrogens with zero attached hydrogens (tertiary/aromatic N) is 2. The number of amides is 2. The van der Waals surface area contributed by atoms with Gasteiger partial charge in [0.1, 0.15) is 5.82 Å². The Kier molecular flexibility index (Phi) is 8.22. The maximum Gasteiger partial charge on any atom is 0.271 e. The summed E-state index contributed by atoms with van der Waals surface area (Å²) in [5, 5.41) is 6.35. The second-order valence-electron chi connectivity index (χ2n) is 6.29. The third-order valence-corrected chi connectivity index (χ3v) is 5.57. The number of anilines is 1. The van der Waals surface area contributed by atoms with Crippen LogP contribution in [-0.4, -0.2) is 28.3 Å². The van der Waals surface area contributed by atoms with Crippen molar-refractivity contribution in [2.75, 3.05) is 11.9 Å². The van der Waals surface area contributed by atoms with E-state index < -0.39 is 11.7 Å². The molecule has 2 aromatic carbocycles. The maximum atomic E-state index is 12.9. The number of benzene rings is 2. The predicted octanol–water partition coefficient (Wildman–Crippen LogP) is 4.97. The van der Waals surface area contributed by atoms with E-state index in [0.29, 0.717) is 21.6 Å². The number of aromatic nitrogens is 2. The van der Waals surface area contributed by atoms with E-state index in [0.717, 1.165) is 5.56 Å². The van der Waals surface area contributed by atoms with Crippen molar-refractivity contribution in [2.24, 2.45) is 0 Å². The van der Waals surface area contributed by atoms with Crippen LogP contribution < -0.4 is 10.6 Å². The minimum atomic E-state index is -0.512. The number of carbonyl (C=O) groups is 2. The molecule has 0 bridgehead atoms. The number of carbonyl (C=O) groups excluding carboxylic acids is 2. The van der Waals surface area contributed by atoms with Crippen molar-refractivity contribution in [3.05, 3.63) is 81.8 Å². The molecule has 0 aliphatic heterocycles. The third-order valence-electron chi connectivity index (χ3n) is 4.02. The number of nitrogens with one attached hydrogen (secondary N) is 2. The summed E-state index contributed by atoms with van der Waals surface area (Å²) in [5.74, 6) is -0.694. The molecule has 0 unspecified atom stereocenters. The average molecular weight is 479 g/mol. The van der Waals surface area contributed by atoms with E-state index in [-0.39, 0.29) is 29.6 Å². The Morgan fingerprint density at radius 2 is 1.77 bits per heavy atom. The lowest BCUT2D eigenvalue weighted by Gasteiger charge is -2.08. The first-order chi connectivity index (χ1) is 14.9. The van der Waals surface area contributed by atoms with Crippen LogP contribution in [0.5, 0.6) is 0 Å². The van der Waals surface area contributed by atoms with Crippen LogP contribution in [0.15, 0.2) is 59.9 Å². The summed E-state index contributed by atoms with van der Waals surface area (Å²) < 4.78 is 12.9. The molecule has 2 amide bonds. The average Bonchev–Trinajstić information content (AvgIpc) is 2.75. The van der Waals surface area contributed by atoms with Crippen molar-refractivity contribution in [2.45, 2.75) is 17.3 Å². The van der Waals surface area contributed by atoms with Crippen LogP contribution in [-0.2, 0) is 10.5 Å². The van der Waals surface area contributed by atoms with Gasteiger partial charge >= 0.3 is 0 Å². The first-order valence-corrected chi connectivity index (χ1v) is 10.9. The third kappa shape index (κ3) is 6.92. The molecule has 0 aliphatic carbocycles. The van der Waals surface area contributed by atoms with Crippen LogP contribution in [0.4, 0.5) is 10.1 Å². The fourth-order valence-electron chi connectivity index (χ4n) is 2.47. The van der Waals surface area contributed by atoms with Gasteiger partial charge in [-0.3, -0.25) is 9.59 Å². The van der Waals surface area contributed by atoms with E-state index in [1.807, 2.05) is 18.2 Å². The molecule has 10 heteroatoms. The second-order valence-corrected chi connectivity index (χ2v) is 8.05. The molecule has 0 saturated carbocycles. The Labute approximate surface area is 192 Å². The van der Waals surface area contributed by atoms with E-state index in [1.54, 1.807) is 6.07 Å². The molecular weight excluding hydrogens is 462 g/mol. The lowest BCUT2D eigenvalue weighted by molar-refractivity contribution is -0.116. The highest BCUT2D eigenvalue weighted by atomic mass is 35.5. The van der Waals surface area contributed by atoms with E-state index in [4.69, 9.17) is 23.2 Å². The summed E-state index contributed by atoms with van der Waals surface area (Å²) in [4.78, 5) is 32.7. The SMILES string of the molecule is O=C(CCNC(=O)c1nc(SCc2ccccc2Cl)ncc1Cl)Nc1ccc(F)cc1. The minimum Gasteiger partial charge on any atom is -0.350 e. The van der Waals surface area contributed by atoms with Gasteiger partial charge in [-0.1, -0.05) is 53.2 Å². The number of rotatable bonds is 8. The smallest absolute Gasteiger partial charge is 0.271 e. The highest BCUT2D eigenvalue weighted by Gasteiger charge is 2.15. The van der Waals surface area contributed by atoms with E-state index >= 15 is 0 Å². The standard InChI is InChI=1S/C21H17Cl2FN4O2S/c22-16-4-2-1-3-13(16)12-31-21-26-11-17(23)19(28-21)20(30)25-10-9-18(29)27-15-7-5-14(24)6-8-15/h1-8,11H,9-10,12H2,(H,25,30)(H,27,29). The molecule has 0 spiro atoms. The van der Waals surface area contributed by atoms with Crippen LogP contribution in [0.1, 0.15) is 22.5 Å². The molecule has 0 fully saturated rings. The highest BCUT2D eigenvalue weighted by molar-refractivity contribution is 7.98. The molecule has 3 aromatic rings. The quantitative estimate of drug-likeness (QED) is 0.352. The topological polar surface area (TPSA) is 84.0 Å². The highest BCUT2D eigenvalue weighted by Crippen LogP contribution is 2.25. The van der Waals surface area contributed by atoms with Crippen LogP contribution in [0, 0.1) is 5.82 Å². The Morgan fingerprint density at radius 3 is 2.52 bits per heavy atom. The van der Waals surface area contributed by atoms with Gasteiger partial charge in [0.05, 0.1) is 11.2 Å². The van der Waals surface area contributed by atoms with Gasteiger partial charge in [0.2, 0.25) is 5.91 Å². The molecule has 0 atom stereocenters.